The van der Waals surface area contributed by atoms with Crippen molar-refractivity contribution < 1.29 is 9.47 Å². The molecule has 2 heteroatoms. The average Bonchev–Trinajstić information content (AvgIpc) is 2.45. The van der Waals surface area contributed by atoms with Gasteiger partial charge in [0.1, 0.15) is 0 Å². The summed E-state index contributed by atoms with van der Waals surface area (Å²) in [4.78, 5) is 0. The van der Waals surface area contributed by atoms with Crippen LogP contribution in [0.25, 0.3) is 0 Å². The largest absolute Gasteiger partial charge is 0.379 e. The van der Waals surface area contributed by atoms with E-state index in [-0.39, 0.29) is 0 Å². The number of rotatable bonds is 3. The van der Waals surface area contributed by atoms with Crippen LogP contribution in [0.5, 0.6) is 0 Å². The second-order valence-corrected chi connectivity index (χ2v) is 2.73. The van der Waals surface area contributed by atoms with E-state index in [9.17, 15) is 0 Å². The first kappa shape index (κ1) is 7.03. The van der Waals surface area contributed by atoms with Crippen molar-refractivity contribution in [2.24, 2.45) is 0 Å². The van der Waals surface area contributed by atoms with Crippen molar-refractivity contribution in [3.05, 3.63) is 0 Å². The zero-order chi connectivity index (χ0) is 6.85. The first-order valence-electron chi connectivity index (χ1n) is 3.42. The van der Waals surface area contributed by atoms with Gasteiger partial charge in [-0.05, 0) is 13.8 Å². The summed E-state index contributed by atoms with van der Waals surface area (Å²) in [5.74, 6) is 0. The fourth-order valence-electron chi connectivity index (χ4n) is 0.891. The molecule has 2 unspecified atom stereocenters. The van der Waals surface area contributed by atoms with Crippen LogP contribution in [0.3, 0.4) is 0 Å². The molecule has 1 rings (SSSR count). The Morgan fingerprint density at radius 2 is 2.00 bits per heavy atom. The maximum absolute atomic E-state index is 5.44. The first-order valence-corrected chi connectivity index (χ1v) is 3.42. The molecule has 0 aromatic carbocycles. The zero-order valence-corrected chi connectivity index (χ0v) is 6.26. The molecule has 2 nitrogen and oxygen atoms in total. The van der Waals surface area contributed by atoms with Crippen molar-refractivity contribution in [1.29, 1.82) is 0 Å². The predicted molar refractivity (Wildman–Crippen MR) is 35.4 cm³/mol. The highest BCUT2D eigenvalue weighted by molar-refractivity contribution is 4.89. The summed E-state index contributed by atoms with van der Waals surface area (Å²) >= 11 is 0. The van der Waals surface area contributed by atoms with Crippen molar-refractivity contribution in [2.75, 3.05) is 7.11 Å². The molecule has 0 bridgehead atoms. The molecule has 0 spiro atoms. The van der Waals surface area contributed by atoms with Crippen LogP contribution in [0.1, 0.15) is 20.3 Å². The average molecular weight is 130 g/mol. The molecule has 1 aliphatic carbocycles. The van der Waals surface area contributed by atoms with Crippen LogP contribution in [0, 0.1) is 0 Å². The molecular formula is C7H14O2. The Kier molecular flexibility index (Phi) is 2.09. The second-order valence-electron chi connectivity index (χ2n) is 2.73. The Labute approximate surface area is 56.2 Å². The van der Waals surface area contributed by atoms with Crippen molar-refractivity contribution in [1.82, 2.24) is 0 Å². The van der Waals surface area contributed by atoms with Crippen molar-refractivity contribution in [3.8, 4) is 0 Å². The monoisotopic (exact) mass is 130 g/mol. The molecule has 1 aliphatic rings. The SMILES string of the molecule is COC1CC1OC(C)C. The van der Waals surface area contributed by atoms with Gasteiger partial charge in [0.2, 0.25) is 0 Å². The van der Waals surface area contributed by atoms with E-state index < -0.39 is 0 Å². The van der Waals surface area contributed by atoms with Gasteiger partial charge in [0.15, 0.2) is 0 Å². The van der Waals surface area contributed by atoms with Gasteiger partial charge in [0.05, 0.1) is 18.3 Å². The Morgan fingerprint density at radius 3 is 2.33 bits per heavy atom. The van der Waals surface area contributed by atoms with Crippen LogP contribution < -0.4 is 0 Å². The van der Waals surface area contributed by atoms with Crippen LogP contribution in [-0.2, 0) is 9.47 Å². The highest BCUT2D eigenvalue weighted by Gasteiger charge is 2.38. The minimum absolute atomic E-state index is 0.343. The quantitative estimate of drug-likeness (QED) is 0.571. The summed E-state index contributed by atoms with van der Waals surface area (Å²) in [5.41, 5.74) is 0. The number of hydrogen-bond acceptors (Lipinski definition) is 2. The lowest BCUT2D eigenvalue weighted by atomic mass is 10.5. The maximum atomic E-state index is 5.44. The molecule has 0 amide bonds. The molecule has 0 heterocycles. The molecule has 0 aliphatic heterocycles. The summed E-state index contributed by atoms with van der Waals surface area (Å²) in [6.45, 7) is 4.09. The molecule has 0 radical (unpaired) electrons. The van der Waals surface area contributed by atoms with Crippen LogP contribution in [0.4, 0.5) is 0 Å². The van der Waals surface area contributed by atoms with Gasteiger partial charge in [-0.1, -0.05) is 0 Å². The molecule has 0 saturated heterocycles. The molecule has 0 N–H and O–H groups in total. The zero-order valence-electron chi connectivity index (χ0n) is 6.26. The van der Waals surface area contributed by atoms with E-state index >= 15 is 0 Å². The Morgan fingerprint density at radius 1 is 1.33 bits per heavy atom. The van der Waals surface area contributed by atoms with Gasteiger partial charge in [-0.25, -0.2) is 0 Å². The minimum Gasteiger partial charge on any atom is -0.379 e. The molecule has 54 valence electrons. The van der Waals surface area contributed by atoms with Crippen LogP contribution in [-0.4, -0.2) is 25.4 Å². The summed E-state index contributed by atoms with van der Waals surface area (Å²) in [6, 6.07) is 0. The molecular weight excluding hydrogens is 116 g/mol. The van der Waals surface area contributed by atoms with Gasteiger partial charge in [0.25, 0.3) is 0 Å². The highest BCUT2D eigenvalue weighted by Crippen LogP contribution is 2.28. The lowest BCUT2D eigenvalue weighted by molar-refractivity contribution is 0.0277. The fourth-order valence-corrected chi connectivity index (χ4v) is 0.891. The standard InChI is InChI=1S/C7H14O2/c1-5(2)9-7-4-6(7)8-3/h5-7H,4H2,1-3H3. The van der Waals surface area contributed by atoms with Gasteiger partial charge in [-0.2, -0.15) is 0 Å². The minimum atomic E-state index is 0.343. The van der Waals surface area contributed by atoms with Crippen LogP contribution in [0.15, 0.2) is 0 Å². The maximum Gasteiger partial charge on any atom is 0.0866 e. The third-order valence-electron chi connectivity index (χ3n) is 1.43. The topological polar surface area (TPSA) is 18.5 Å². The first-order chi connectivity index (χ1) is 4.24. The number of ether oxygens (including phenoxy) is 2. The molecule has 0 aromatic heterocycles. The second kappa shape index (κ2) is 2.67. The molecule has 0 aromatic rings. The van der Waals surface area contributed by atoms with Gasteiger partial charge in [-0.3, -0.25) is 0 Å². The van der Waals surface area contributed by atoms with Crippen LogP contribution >= 0.6 is 0 Å². The van der Waals surface area contributed by atoms with Crippen molar-refractivity contribution >= 4 is 0 Å². The number of hydrogen-bond donors (Lipinski definition) is 0. The van der Waals surface area contributed by atoms with E-state index in [1.807, 2.05) is 13.8 Å². The van der Waals surface area contributed by atoms with E-state index in [0.717, 1.165) is 6.42 Å². The van der Waals surface area contributed by atoms with Gasteiger partial charge < -0.3 is 9.47 Å². The molecule has 9 heavy (non-hydrogen) atoms. The van der Waals surface area contributed by atoms with Crippen LogP contribution in [0.2, 0.25) is 0 Å². The summed E-state index contributed by atoms with van der Waals surface area (Å²) in [5, 5.41) is 0. The smallest absolute Gasteiger partial charge is 0.0866 e. The van der Waals surface area contributed by atoms with E-state index in [4.69, 9.17) is 9.47 Å². The van der Waals surface area contributed by atoms with Gasteiger partial charge in [0, 0.05) is 13.5 Å². The lowest BCUT2D eigenvalue weighted by Gasteiger charge is -2.04. The number of methoxy groups -OCH3 is 1. The lowest BCUT2D eigenvalue weighted by Crippen LogP contribution is -2.08. The molecule has 1 fully saturated rings. The van der Waals surface area contributed by atoms with Crippen molar-refractivity contribution in [2.45, 2.75) is 38.6 Å². The van der Waals surface area contributed by atoms with Gasteiger partial charge >= 0.3 is 0 Å². The fraction of sp³-hybridized carbons (Fsp3) is 1.00. The summed E-state index contributed by atoms with van der Waals surface area (Å²) < 4.78 is 10.5. The predicted octanol–water partition coefficient (Wildman–Crippen LogP) is 1.20. The summed E-state index contributed by atoms with van der Waals surface area (Å²) in [7, 11) is 1.73. The highest BCUT2D eigenvalue weighted by atomic mass is 16.6. The Hall–Kier alpha value is -0.0800. The van der Waals surface area contributed by atoms with E-state index in [1.54, 1.807) is 7.11 Å². The van der Waals surface area contributed by atoms with Crippen molar-refractivity contribution in [3.63, 3.8) is 0 Å². The third-order valence-corrected chi connectivity index (χ3v) is 1.43. The normalized spacial score (nSPS) is 33.3. The van der Waals surface area contributed by atoms with E-state index in [0.29, 0.717) is 18.3 Å². The Balaban J connectivity index is 2.05. The molecule has 1 saturated carbocycles. The third kappa shape index (κ3) is 1.95. The Bertz CT molecular complexity index is 90.9. The molecule has 2 atom stereocenters. The van der Waals surface area contributed by atoms with E-state index in [2.05, 4.69) is 0 Å². The summed E-state index contributed by atoms with van der Waals surface area (Å²) in [6.07, 6.45) is 2.19. The van der Waals surface area contributed by atoms with Gasteiger partial charge in [-0.15, -0.1) is 0 Å². The van der Waals surface area contributed by atoms with E-state index in [1.165, 1.54) is 0 Å².